The van der Waals surface area contributed by atoms with Crippen molar-refractivity contribution in [1.29, 1.82) is 0 Å². The quantitative estimate of drug-likeness (QED) is 0.784. The fourth-order valence-electron chi connectivity index (χ4n) is 2.59. The lowest BCUT2D eigenvalue weighted by Gasteiger charge is -2.14. The number of hydrogen-bond donors (Lipinski definition) is 1. The molecule has 0 amide bonds. The van der Waals surface area contributed by atoms with E-state index in [1.54, 1.807) is 0 Å². The number of para-hydroxylation sites is 1. The van der Waals surface area contributed by atoms with Gasteiger partial charge in [0.25, 0.3) is 0 Å². The first-order chi connectivity index (χ1) is 9.69. The number of benzene rings is 1. The molecule has 0 saturated carbocycles. The molecule has 2 heterocycles. The number of fused-ring (bicyclic) bond motifs is 1. The summed E-state index contributed by atoms with van der Waals surface area (Å²) in [7, 11) is 1.94. The van der Waals surface area contributed by atoms with Gasteiger partial charge in [0.15, 0.2) is 0 Å². The molecule has 0 fully saturated rings. The number of rotatable bonds is 3. The van der Waals surface area contributed by atoms with E-state index < -0.39 is 0 Å². The summed E-state index contributed by atoms with van der Waals surface area (Å²) in [6, 6.07) is 12.5. The van der Waals surface area contributed by atoms with Crippen molar-refractivity contribution in [3.05, 3.63) is 65.2 Å². The molecular weight excluding hydrogens is 248 g/mol. The Kier molecular flexibility index (Phi) is 3.28. The maximum absolute atomic E-state index is 6.06. The van der Waals surface area contributed by atoms with E-state index in [1.165, 1.54) is 0 Å². The number of furan rings is 1. The fraction of sp³-hybridized carbons (Fsp3) is 0.235. The van der Waals surface area contributed by atoms with Crippen molar-refractivity contribution in [2.24, 2.45) is 0 Å². The molecule has 3 aromatic rings. The van der Waals surface area contributed by atoms with Crippen LogP contribution in [0.1, 0.15) is 28.6 Å². The third-order valence-corrected chi connectivity index (χ3v) is 3.59. The highest BCUT2D eigenvalue weighted by atomic mass is 16.3. The molecule has 0 spiro atoms. The zero-order valence-electron chi connectivity index (χ0n) is 12.0. The van der Waals surface area contributed by atoms with Gasteiger partial charge in [-0.15, -0.1) is 0 Å². The minimum atomic E-state index is 0.0449. The van der Waals surface area contributed by atoms with Gasteiger partial charge in [-0.3, -0.25) is 4.98 Å². The number of hydrogen-bond acceptors (Lipinski definition) is 3. The SMILES string of the molecule is CNC(c1ccnc(C)c1)c1cc2cccc(C)c2o1. The summed E-state index contributed by atoms with van der Waals surface area (Å²) < 4.78 is 6.06. The van der Waals surface area contributed by atoms with Crippen molar-refractivity contribution >= 4 is 11.0 Å². The van der Waals surface area contributed by atoms with Crippen LogP contribution in [0.15, 0.2) is 47.0 Å². The molecule has 0 aliphatic rings. The first kappa shape index (κ1) is 12.9. The van der Waals surface area contributed by atoms with Gasteiger partial charge in [0.2, 0.25) is 0 Å². The van der Waals surface area contributed by atoms with Crippen LogP contribution < -0.4 is 5.32 Å². The molecule has 0 aliphatic heterocycles. The number of aryl methyl sites for hydroxylation is 2. The summed E-state index contributed by atoms with van der Waals surface area (Å²) in [5.41, 5.74) is 4.30. The van der Waals surface area contributed by atoms with E-state index in [0.717, 1.165) is 33.6 Å². The maximum Gasteiger partial charge on any atom is 0.137 e. The Morgan fingerprint density at radius 3 is 2.70 bits per heavy atom. The molecule has 2 aromatic heterocycles. The summed E-state index contributed by atoms with van der Waals surface area (Å²) in [5.74, 6) is 0.933. The van der Waals surface area contributed by atoms with Crippen LogP contribution in [-0.4, -0.2) is 12.0 Å². The van der Waals surface area contributed by atoms with E-state index in [9.17, 15) is 0 Å². The third kappa shape index (κ3) is 2.21. The monoisotopic (exact) mass is 266 g/mol. The summed E-state index contributed by atoms with van der Waals surface area (Å²) in [6.07, 6.45) is 1.84. The van der Waals surface area contributed by atoms with Gasteiger partial charge in [-0.2, -0.15) is 0 Å². The predicted octanol–water partition coefficient (Wildman–Crippen LogP) is 3.75. The Bertz CT molecular complexity index is 746. The second-order valence-electron chi connectivity index (χ2n) is 5.09. The molecule has 20 heavy (non-hydrogen) atoms. The van der Waals surface area contributed by atoms with Gasteiger partial charge in [-0.1, -0.05) is 18.2 Å². The van der Waals surface area contributed by atoms with Crippen molar-refractivity contribution in [3.63, 3.8) is 0 Å². The van der Waals surface area contributed by atoms with E-state index >= 15 is 0 Å². The second-order valence-corrected chi connectivity index (χ2v) is 5.09. The van der Waals surface area contributed by atoms with Crippen LogP contribution in [0.25, 0.3) is 11.0 Å². The average molecular weight is 266 g/mol. The van der Waals surface area contributed by atoms with Gasteiger partial charge in [-0.05, 0) is 50.2 Å². The lowest BCUT2D eigenvalue weighted by Crippen LogP contribution is -2.17. The van der Waals surface area contributed by atoms with E-state index in [0.29, 0.717) is 0 Å². The molecule has 3 rings (SSSR count). The first-order valence-corrected chi connectivity index (χ1v) is 6.78. The summed E-state index contributed by atoms with van der Waals surface area (Å²) in [6.45, 7) is 4.07. The molecule has 0 radical (unpaired) electrons. The van der Waals surface area contributed by atoms with Gasteiger partial charge in [0.1, 0.15) is 11.3 Å². The molecular formula is C17H18N2O. The Morgan fingerprint density at radius 1 is 1.15 bits per heavy atom. The molecule has 1 aromatic carbocycles. The highest BCUT2D eigenvalue weighted by Gasteiger charge is 2.17. The number of nitrogens with one attached hydrogen (secondary N) is 1. The highest BCUT2D eigenvalue weighted by Crippen LogP contribution is 2.29. The normalized spacial score (nSPS) is 12.8. The van der Waals surface area contributed by atoms with Crippen molar-refractivity contribution in [1.82, 2.24) is 10.3 Å². The first-order valence-electron chi connectivity index (χ1n) is 6.78. The smallest absolute Gasteiger partial charge is 0.137 e. The maximum atomic E-state index is 6.06. The van der Waals surface area contributed by atoms with Crippen LogP contribution >= 0.6 is 0 Å². The Balaban J connectivity index is 2.09. The topological polar surface area (TPSA) is 38.1 Å². The zero-order chi connectivity index (χ0) is 14.1. The standard InChI is InChI=1S/C17H18N2O/c1-11-5-4-6-14-10-15(20-17(11)14)16(18-3)13-7-8-19-12(2)9-13/h4-10,16,18H,1-3H3. The van der Waals surface area contributed by atoms with E-state index in [4.69, 9.17) is 4.42 Å². The van der Waals surface area contributed by atoms with Crippen LogP contribution in [0.3, 0.4) is 0 Å². The van der Waals surface area contributed by atoms with Crippen molar-refractivity contribution in [3.8, 4) is 0 Å². The summed E-state index contributed by atoms with van der Waals surface area (Å²) in [4.78, 5) is 4.25. The van der Waals surface area contributed by atoms with Crippen LogP contribution in [0, 0.1) is 13.8 Å². The van der Waals surface area contributed by atoms with Gasteiger partial charge >= 0.3 is 0 Å². The molecule has 3 heteroatoms. The Hall–Kier alpha value is -2.13. The van der Waals surface area contributed by atoms with Gasteiger partial charge in [0.05, 0.1) is 6.04 Å². The van der Waals surface area contributed by atoms with Crippen molar-refractivity contribution in [2.75, 3.05) is 7.05 Å². The van der Waals surface area contributed by atoms with Gasteiger partial charge < -0.3 is 9.73 Å². The van der Waals surface area contributed by atoms with Crippen molar-refractivity contribution < 1.29 is 4.42 Å². The van der Waals surface area contributed by atoms with Crippen LogP contribution in [0.2, 0.25) is 0 Å². The third-order valence-electron chi connectivity index (χ3n) is 3.59. The van der Waals surface area contributed by atoms with Crippen LogP contribution in [0.5, 0.6) is 0 Å². The lowest BCUT2D eigenvalue weighted by atomic mass is 10.0. The summed E-state index contributed by atoms with van der Waals surface area (Å²) >= 11 is 0. The molecule has 1 unspecified atom stereocenters. The zero-order valence-corrected chi connectivity index (χ0v) is 12.0. The molecule has 1 atom stereocenters. The largest absolute Gasteiger partial charge is 0.459 e. The molecule has 0 bridgehead atoms. The van der Waals surface area contributed by atoms with E-state index in [2.05, 4.69) is 47.6 Å². The number of nitrogens with zero attached hydrogens (tertiary/aromatic N) is 1. The fourth-order valence-corrected chi connectivity index (χ4v) is 2.59. The summed E-state index contributed by atoms with van der Waals surface area (Å²) in [5, 5.41) is 4.47. The van der Waals surface area contributed by atoms with Crippen LogP contribution in [0.4, 0.5) is 0 Å². The van der Waals surface area contributed by atoms with Gasteiger partial charge in [-0.25, -0.2) is 0 Å². The minimum absolute atomic E-state index is 0.0449. The molecule has 3 nitrogen and oxygen atoms in total. The van der Waals surface area contributed by atoms with E-state index in [1.807, 2.05) is 26.2 Å². The predicted molar refractivity (Wildman–Crippen MR) is 80.8 cm³/mol. The average Bonchev–Trinajstić information content (AvgIpc) is 2.85. The number of pyridine rings is 1. The second kappa shape index (κ2) is 5.10. The lowest BCUT2D eigenvalue weighted by molar-refractivity contribution is 0.490. The Labute approximate surface area is 118 Å². The molecule has 0 aliphatic carbocycles. The highest BCUT2D eigenvalue weighted by molar-refractivity contribution is 5.81. The van der Waals surface area contributed by atoms with Crippen LogP contribution in [-0.2, 0) is 0 Å². The Morgan fingerprint density at radius 2 is 2.00 bits per heavy atom. The molecule has 0 saturated heterocycles. The van der Waals surface area contributed by atoms with Gasteiger partial charge in [0, 0.05) is 17.3 Å². The molecule has 1 N–H and O–H groups in total. The number of aromatic nitrogens is 1. The molecule has 102 valence electrons. The van der Waals surface area contributed by atoms with E-state index in [-0.39, 0.29) is 6.04 Å². The van der Waals surface area contributed by atoms with Crippen molar-refractivity contribution in [2.45, 2.75) is 19.9 Å². The minimum Gasteiger partial charge on any atom is -0.459 e.